The van der Waals surface area contributed by atoms with E-state index in [4.69, 9.17) is 5.73 Å². The van der Waals surface area contributed by atoms with E-state index in [-0.39, 0.29) is 29.4 Å². The molecule has 1 heterocycles. The van der Waals surface area contributed by atoms with Gasteiger partial charge in [-0.15, -0.1) is 0 Å². The van der Waals surface area contributed by atoms with Gasteiger partial charge in [0.25, 0.3) is 5.56 Å². The van der Waals surface area contributed by atoms with E-state index in [0.717, 1.165) is 33.7 Å². The molecular formula is C27H37N5O3. The molecule has 4 saturated carbocycles. The van der Waals surface area contributed by atoms with Gasteiger partial charge in [0, 0.05) is 19.1 Å². The Kier molecular flexibility index (Phi) is 6.01. The second-order valence-electron chi connectivity index (χ2n) is 11.6. The molecule has 8 nitrogen and oxygen atoms in total. The number of rotatable bonds is 8. The number of aromatic nitrogens is 2. The Labute approximate surface area is 205 Å². The fraction of sp³-hybridized carbons (Fsp3) is 0.593. The number of hydrogen-bond donors (Lipinski definition) is 3. The number of nitrogens with one attached hydrogen (secondary N) is 2. The molecule has 35 heavy (non-hydrogen) atoms. The lowest BCUT2D eigenvalue weighted by molar-refractivity contribution is 0.0107. The van der Waals surface area contributed by atoms with Gasteiger partial charge < -0.3 is 16.4 Å². The minimum absolute atomic E-state index is 0.0569. The molecule has 0 spiro atoms. The number of nitrogen functional groups attached to an aromatic ring is 1. The Bertz CT molecular complexity index is 1220. The molecule has 0 amide bonds. The van der Waals surface area contributed by atoms with Gasteiger partial charge in [-0.25, -0.2) is 4.79 Å². The number of anilines is 3. The second-order valence-corrected chi connectivity index (χ2v) is 11.6. The van der Waals surface area contributed by atoms with Gasteiger partial charge in [-0.2, -0.15) is 0 Å². The van der Waals surface area contributed by atoms with Crippen LogP contribution in [-0.2, 0) is 13.6 Å². The van der Waals surface area contributed by atoms with E-state index in [9.17, 15) is 14.4 Å². The predicted octanol–water partition coefficient (Wildman–Crippen LogP) is 3.46. The van der Waals surface area contributed by atoms with E-state index in [1.54, 1.807) is 0 Å². The van der Waals surface area contributed by atoms with Crippen molar-refractivity contribution in [2.45, 2.75) is 64.5 Å². The molecular weight excluding hydrogens is 442 g/mol. The van der Waals surface area contributed by atoms with Crippen molar-refractivity contribution in [1.29, 1.82) is 0 Å². The zero-order chi connectivity index (χ0) is 24.9. The monoisotopic (exact) mass is 479 g/mol. The Hall–Kier alpha value is -3.03. The third-order valence-electron chi connectivity index (χ3n) is 8.21. The van der Waals surface area contributed by atoms with Gasteiger partial charge in [0.15, 0.2) is 5.78 Å². The summed E-state index contributed by atoms with van der Waals surface area (Å²) in [4.78, 5) is 38.5. The lowest BCUT2D eigenvalue weighted by Gasteiger charge is -2.57. The van der Waals surface area contributed by atoms with Gasteiger partial charge in [0.05, 0.1) is 17.9 Å². The minimum Gasteiger partial charge on any atom is -0.384 e. The third kappa shape index (κ3) is 4.39. The summed E-state index contributed by atoms with van der Waals surface area (Å²) in [5.41, 5.74) is 6.87. The van der Waals surface area contributed by atoms with Crippen molar-refractivity contribution < 1.29 is 4.79 Å². The average molecular weight is 480 g/mol. The number of carbonyl (C=O) groups is 1. The van der Waals surface area contributed by atoms with Crippen LogP contribution in [-0.4, -0.2) is 27.0 Å². The van der Waals surface area contributed by atoms with E-state index in [0.29, 0.717) is 6.54 Å². The Balaban J connectivity index is 1.36. The number of benzene rings is 1. The molecule has 4 bridgehead atoms. The molecule has 2 aromatic rings. The SMILES string of the molecule is CC(C)Cn1c(N)c(C(=O)CNc2ccccc2NC23CC4CC(CC(C4)C2)C3)c(=O)n(C)c1=O. The van der Waals surface area contributed by atoms with E-state index >= 15 is 0 Å². The Morgan fingerprint density at radius 1 is 1.06 bits per heavy atom. The van der Waals surface area contributed by atoms with Crippen LogP contribution in [0, 0.1) is 23.7 Å². The van der Waals surface area contributed by atoms with E-state index in [2.05, 4.69) is 16.7 Å². The highest BCUT2D eigenvalue weighted by Crippen LogP contribution is 2.56. The molecule has 0 aliphatic heterocycles. The highest BCUT2D eigenvalue weighted by molar-refractivity contribution is 6.02. The molecule has 188 valence electrons. The summed E-state index contributed by atoms with van der Waals surface area (Å²) >= 11 is 0. The number of nitrogens with two attached hydrogens (primary N) is 1. The topological polar surface area (TPSA) is 111 Å². The maximum absolute atomic E-state index is 13.2. The minimum atomic E-state index is -0.653. The van der Waals surface area contributed by atoms with Crippen LogP contribution in [0.3, 0.4) is 0 Å². The first-order chi connectivity index (χ1) is 16.7. The fourth-order valence-corrected chi connectivity index (χ4v) is 7.15. The van der Waals surface area contributed by atoms with Gasteiger partial charge in [-0.3, -0.25) is 18.7 Å². The molecule has 4 aliphatic carbocycles. The molecule has 0 atom stereocenters. The standard InChI is InChI=1S/C27H37N5O3/c1-16(2)15-32-24(28)23(25(34)31(3)26(32)35)22(33)14-29-20-6-4-5-7-21(20)30-27-11-17-8-18(12-27)10-19(9-17)13-27/h4-7,16-19,29-30H,8-15,28H2,1-3H3. The second kappa shape index (κ2) is 8.88. The quantitative estimate of drug-likeness (QED) is 0.500. The number of nitrogens with zero attached hydrogens (tertiary/aromatic N) is 2. The first kappa shape index (κ1) is 23.7. The first-order valence-corrected chi connectivity index (χ1v) is 12.9. The molecule has 1 aromatic carbocycles. The van der Waals surface area contributed by atoms with E-state index in [1.165, 1.54) is 50.1 Å². The van der Waals surface area contributed by atoms with Gasteiger partial charge in [0.2, 0.25) is 0 Å². The largest absolute Gasteiger partial charge is 0.384 e. The molecule has 0 saturated heterocycles. The summed E-state index contributed by atoms with van der Waals surface area (Å²) in [7, 11) is 1.38. The molecule has 0 unspecified atom stereocenters. The number of hydrogen-bond acceptors (Lipinski definition) is 6. The van der Waals surface area contributed by atoms with Crippen molar-refractivity contribution in [3.05, 3.63) is 50.7 Å². The van der Waals surface area contributed by atoms with E-state index < -0.39 is 17.0 Å². The lowest BCUT2D eigenvalue weighted by atomic mass is 9.53. The molecule has 0 radical (unpaired) electrons. The van der Waals surface area contributed by atoms with Gasteiger partial charge in [-0.1, -0.05) is 26.0 Å². The summed E-state index contributed by atoms with van der Waals surface area (Å²) in [5, 5.41) is 7.12. The van der Waals surface area contributed by atoms with Gasteiger partial charge in [-0.05, 0) is 74.3 Å². The fourth-order valence-electron chi connectivity index (χ4n) is 7.15. The third-order valence-corrected chi connectivity index (χ3v) is 8.21. The average Bonchev–Trinajstić information content (AvgIpc) is 2.79. The van der Waals surface area contributed by atoms with Crippen LogP contribution in [0.1, 0.15) is 62.7 Å². The zero-order valence-corrected chi connectivity index (χ0v) is 21.0. The van der Waals surface area contributed by atoms with Crippen LogP contribution in [0.15, 0.2) is 33.9 Å². The van der Waals surface area contributed by atoms with Crippen molar-refractivity contribution >= 4 is 23.0 Å². The first-order valence-electron chi connectivity index (χ1n) is 12.9. The van der Waals surface area contributed by atoms with Crippen LogP contribution in [0.5, 0.6) is 0 Å². The highest BCUT2D eigenvalue weighted by atomic mass is 16.2. The molecule has 8 heteroatoms. The van der Waals surface area contributed by atoms with Crippen molar-refractivity contribution in [2.75, 3.05) is 22.9 Å². The van der Waals surface area contributed by atoms with Crippen molar-refractivity contribution in [3.63, 3.8) is 0 Å². The number of carbonyl (C=O) groups excluding carboxylic acids is 1. The predicted molar refractivity (Wildman–Crippen MR) is 139 cm³/mol. The summed E-state index contributed by atoms with van der Waals surface area (Å²) in [6.45, 7) is 4.16. The van der Waals surface area contributed by atoms with Gasteiger partial charge in [0.1, 0.15) is 11.4 Å². The summed E-state index contributed by atoms with van der Waals surface area (Å²) < 4.78 is 2.29. The highest BCUT2D eigenvalue weighted by Gasteiger charge is 2.51. The smallest absolute Gasteiger partial charge is 0.332 e. The zero-order valence-electron chi connectivity index (χ0n) is 21.0. The summed E-state index contributed by atoms with van der Waals surface area (Å²) in [6.07, 6.45) is 7.79. The number of Topliss-reactive ketones (excluding diaryl/α,β-unsaturated/α-hetero) is 1. The molecule has 6 rings (SSSR count). The molecule has 4 fully saturated rings. The summed E-state index contributed by atoms with van der Waals surface area (Å²) in [6, 6.07) is 7.96. The van der Waals surface area contributed by atoms with Crippen LogP contribution >= 0.6 is 0 Å². The summed E-state index contributed by atoms with van der Waals surface area (Å²) in [5.74, 6) is 2.14. The van der Waals surface area contributed by atoms with Gasteiger partial charge >= 0.3 is 5.69 Å². The number of ketones is 1. The van der Waals surface area contributed by atoms with E-state index in [1.807, 2.05) is 32.0 Å². The van der Waals surface area contributed by atoms with Crippen molar-refractivity contribution in [2.24, 2.45) is 30.7 Å². The van der Waals surface area contributed by atoms with Crippen LogP contribution < -0.4 is 27.6 Å². The normalized spacial score (nSPS) is 26.8. The molecule has 1 aromatic heterocycles. The van der Waals surface area contributed by atoms with Crippen LogP contribution in [0.2, 0.25) is 0 Å². The Morgan fingerprint density at radius 3 is 2.20 bits per heavy atom. The maximum atomic E-state index is 13.2. The maximum Gasteiger partial charge on any atom is 0.332 e. The van der Waals surface area contributed by atoms with Crippen molar-refractivity contribution in [3.8, 4) is 0 Å². The lowest BCUT2D eigenvalue weighted by Crippen LogP contribution is -2.54. The van der Waals surface area contributed by atoms with Crippen molar-refractivity contribution in [1.82, 2.24) is 9.13 Å². The van der Waals surface area contributed by atoms with Crippen LogP contribution in [0.25, 0.3) is 0 Å². The molecule has 4 N–H and O–H groups in total. The van der Waals surface area contributed by atoms with Crippen LogP contribution in [0.4, 0.5) is 17.2 Å². The number of para-hydroxylation sites is 2. The Morgan fingerprint density at radius 2 is 1.63 bits per heavy atom. The molecule has 4 aliphatic rings.